The molecule has 1 amide bonds. The van der Waals surface area contributed by atoms with Crippen molar-refractivity contribution in [3.8, 4) is 11.8 Å². The van der Waals surface area contributed by atoms with E-state index in [9.17, 15) is 4.79 Å². The van der Waals surface area contributed by atoms with Crippen LogP contribution in [0.25, 0.3) is 0 Å². The second kappa shape index (κ2) is 6.76. The minimum atomic E-state index is -0.519. The zero-order valence-electron chi connectivity index (χ0n) is 8.92. The van der Waals surface area contributed by atoms with Crippen LogP contribution in [0.3, 0.4) is 0 Å². The maximum atomic E-state index is 11.3. The normalized spacial score (nSPS) is 8.88. The van der Waals surface area contributed by atoms with E-state index in [1.54, 1.807) is 6.07 Å². The number of carbonyl (C=O) groups is 1. The summed E-state index contributed by atoms with van der Waals surface area (Å²) in [5.74, 6) is 5.42. The standard InChI is InChI=1S/C12H12ClNO2/c1-10-5-4-6-11(9-10)14-12(15)16-8-3-2-7-13/h4-6,9H,7-8H2,1H3,(H,14,15). The molecule has 1 N–H and O–H groups in total. The van der Waals surface area contributed by atoms with Gasteiger partial charge in [0.15, 0.2) is 6.61 Å². The Morgan fingerprint density at radius 3 is 3.00 bits per heavy atom. The molecule has 3 nitrogen and oxygen atoms in total. The zero-order valence-corrected chi connectivity index (χ0v) is 9.67. The van der Waals surface area contributed by atoms with E-state index < -0.39 is 6.09 Å². The van der Waals surface area contributed by atoms with E-state index in [0.29, 0.717) is 5.69 Å². The summed E-state index contributed by atoms with van der Waals surface area (Å²) >= 11 is 5.33. The topological polar surface area (TPSA) is 38.3 Å². The fourth-order valence-corrected chi connectivity index (χ4v) is 1.17. The largest absolute Gasteiger partial charge is 0.436 e. The zero-order chi connectivity index (χ0) is 11.8. The third-order valence-corrected chi connectivity index (χ3v) is 1.87. The van der Waals surface area contributed by atoms with Crippen LogP contribution in [0.5, 0.6) is 0 Å². The van der Waals surface area contributed by atoms with Crippen molar-refractivity contribution < 1.29 is 9.53 Å². The van der Waals surface area contributed by atoms with Crippen molar-refractivity contribution >= 4 is 23.4 Å². The second-order valence-corrected chi connectivity index (χ2v) is 3.33. The minimum absolute atomic E-state index is 0.0460. The van der Waals surface area contributed by atoms with Gasteiger partial charge in [0.25, 0.3) is 0 Å². The molecule has 0 fully saturated rings. The molecule has 4 heteroatoms. The van der Waals surface area contributed by atoms with E-state index in [1.807, 2.05) is 25.1 Å². The summed E-state index contributed by atoms with van der Waals surface area (Å²) in [5, 5.41) is 2.60. The average molecular weight is 238 g/mol. The van der Waals surface area contributed by atoms with Gasteiger partial charge in [-0.1, -0.05) is 24.0 Å². The molecule has 0 aliphatic rings. The Morgan fingerprint density at radius 1 is 1.50 bits per heavy atom. The van der Waals surface area contributed by atoms with Gasteiger partial charge < -0.3 is 4.74 Å². The Morgan fingerprint density at radius 2 is 2.31 bits per heavy atom. The first-order chi connectivity index (χ1) is 7.72. The Labute approximate surface area is 99.7 Å². The summed E-state index contributed by atoms with van der Waals surface area (Å²) in [5.41, 5.74) is 1.77. The van der Waals surface area contributed by atoms with Gasteiger partial charge in [-0.2, -0.15) is 0 Å². The van der Waals surface area contributed by atoms with Gasteiger partial charge in [-0.3, -0.25) is 5.32 Å². The molecule has 84 valence electrons. The highest BCUT2D eigenvalue weighted by Gasteiger charge is 2.01. The molecule has 1 aromatic carbocycles. The molecule has 16 heavy (non-hydrogen) atoms. The highest BCUT2D eigenvalue weighted by atomic mass is 35.5. The monoisotopic (exact) mass is 237 g/mol. The van der Waals surface area contributed by atoms with E-state index in [2.05, 4.69) is 17.2 Å². The lowest BCUT2D eigenvalue weighted by molar-refractivity contribution is 0.176. The predicted molar refractivity (Wildman–Crippen MR) is 64.6 cm³/mol. The summed E-state index contributed by atoms with van der Waals surface area (Å²) < 4.78 is 4.81. The smallest absolute Gasteiger partial charge is 0.412 e. The van der Waals surface area contributed by atoms with Crippen LogP contribution in [0.4, 0.5) is 10.5 Å². The molecule has 0 bridgehead atoms. The number of rotatable bonds is 2. The number of aryl methyl sites for hydroxylation is 1. The van der Waals surface area contributed by atoms with Crippen molar-refractivity contribution in [2.45, 2.75) is 6.92 Å². The van der Waals surface area contributed by atoms with Gasteiger partial charge >= 0.3 is 6.09 Å². The van der Waals surface area contributed by atoms with Gasteiger partial charge in [-0.15, -0.1) is 11.6 Å². The SMILES string of the molecule is Cc1cccc(NC(=O)OCC#CCCl)c1. The van der Waals surface area contributed by atoms with Crippen LogP contribution < -0.4 is 5.32 Å². The van der Waals surface area contributed by atoms with Gasteiger partial charge in [0, 0.05) is 5.69 Å². The molecule has 1 aromatic rings. The van der Waals surface area contributed by atoms with Gasteiger partial charge in [0.05, 0.1) is 5.88 Å². The molecule has 0 radical (unpaired) electrons. The first-order valence-electron chi connectivity index (χ1n) is 4.74. The summed E-state index contributed by atoms with van der Waals surface area (Å²) in [6.07, 6.45) is -0.519. The van der Waals surface area contributed by atoms with Crippen molar-refractivity contribution in [1.82, 2.24) is 0 Å². The quantitative estimate of drug-likeness (QED) is 0.635. The number of benzene rings is 1. The van der Waals surface area contributed by atoms with Crippen molar-refractivity contribution in [2.24, 2.45) is 0 Å². The van der Waals surface area contributed by atoms with Gasteiger partial charge in [-0.25, -0.2) is 4.79 Å². The number of halogens is 1. The molecular formula is C12H12ClNO2. The molecule has 0 aliphatic heterocycles. The predicted octanol–water partition coefficient (Wildman–Crippen LogP) is 2.79. The van der Waals surface area contributed by atoms with Crippen LogP contribution in [0.15, 0.2) is 24.3 Å². The third kappa shape index (κ3) is 4.72. The lowest BCUT2D eigenvalue weighted by Crippen LogP contribution is -2.13. The van der Waals surface area contributed by atoms with Crippen molar-refractivity contribution in [3.63, 3.8) is 0 Å². The number of hydrogen-bond acceptors (Lipinski definition) is 2. The van der Waals surface area contributed by atoms with E-state index in [0.717, 1.165) is 5.56 Å². The second-order valence-electron chi connectivity index (χ2n) is 3.06. The van der Waals surface area contributed by atoms with Crippen LogP contribution in [0.1, 0.15) is 5.56 Å². The first-order valence-corrected chi connectivity index (χ1v) is 5.28. The maximum absolute atomic E-state index is 11.3. The number of carbonyl (C=O) groups excluding carboxylic acids is 1. The molecule has 0 saturated carbocycles. The summed E-state index contributed by atoms with van der Waals surface area (Å²) in [6, 6.07) is 7.45. The lowest BCUT2D eigenvalue weighted by atomic mass is 10.2. The van der Waals surface area contributed by atoms with Gasteiger partial charge in [0.2, 0.25) is 0 Å². The van der Waals surface area contributed by atoms with Crippen molar-refractivity contribution in [1.29, 1.82) is 0 Å². The fraction of sp³-hybridized carbons (Fsp3) is 0.250. The van der Waals surface area contributed by atoms with Gasteiger partial charge in [-0.05, 0) is 24.6 Å². The molecule has 0 heterocycles. The van der Waals surface area contributed by atoms with Crippen LogP contribution in [0, 0.1) is 18.8 Å². The Kier molecular flexibility index (Phi) is 5.24. The molecule has 0 atom stereocenters. The third-order valence-electron chi connectivity index (χ3n) is 1.73. The van der Waals surface area contributed by atoms with Crippen LogP contribution in [0.2, 0.25) is 0 Å². The van der Waals surface area contributed by atoms with Crippen molar-refractivity contribution in [3.05, 3.63) is 29.8 Å². The molecule has 1 rings (SSSR count). The number of hydrogen-bond donors (Lipinski definition) is 1. The summed E-state index contributed by atoms with van der Waals surface area (Å²) in [4.78, 5) is 11.3. The Bertz CT molecular complexity index is 421. The fourth-order valence-electron chi connectivity index (χ4n) is 1.08. The van der Waals surface area contributed by atoms with E-state index in [4.69, 9.17) is 16.3 Å². The Balaban J connectivity index is 2.40. The number of ether oxygens (including phenoxy) is 1. The number of amides is 1. The maximum Gasteiger partial charge on any atom is 0.412 e. The van der Waals surface area contributed by atoms with E-state index in [-0.39, 0.29) is 12.5 Å². The van der Waals surface area contributed by atoms with Gasteiger partial charge in [0.1, 0.15) is 0 Å². The number of anilines is 1. The van der Waals surface area contributed by atoms with Crippen LogP contribution >= 0.6 is 11.6 Å². The van der Waals surface area contributed by atoms with Crippen LogP contribution in [-0.4, -0.2) is 18.6 Å². The molecule has 0 saturated heterocycles. The Hall–Kier alpha value is -1.66. The highest BCUT2D eigenvalue weighted by Crippen LogP contribution is 2.09. The molecule has 0 aromatic heterocycles. The summed E-state index contributed by atoms with van der Waals surface area (Å²) in [6.45, 7) is 1.99. The van der Waals surface area contributed by atoms with E-state index in [1.165, 1.54) is 0 Å². The summed E-state index contributed by atoms with van der Waals surface area (Å²) in [7, 11) is 0. The molecule has 0 spiro atoms. The van der Waals surface area contributed by atoms with Crippen LogP contribution in [-0.2, 0) is 4.74 Å². The van der Waals surface area contributed by atoms with Crippen molar-refractivity contribution in [2.75, 3.05) is 17.8 Å². The highest BCUT2D eigenvalue weighted by molar-refractivity contribution is 6.19. The van der Waals surface area contributed by atoms with E-state index >= 15 is 0 Å². The molecule has 0 unspecified atom stereocenters. The molecular weight excluding hydrogens is 226 g/mol. The average Bonchev–Trinajstić information content (AvgIpc) is 2.24. The number of alkyl halides is 1. The first kappa shape index (κ1) is 12.4. The number of nitrogens with one attached hydrogen (secondary N) is 1. The molecule has 0 aliphatic carbocycles. The minimum Gasteiger partial charge on any atom is -0.436 e. The lowest BCUT2D eigenvalue weighted by Gasteiger charge is -2.04.